The largest absolute Gasteiger partial charge is 0.437 e. The summed E-state index contributed by atoms with van der Waals surface area (Å²) < 4.78 is 6.29. The predicted octanol–water partition coefficient (Wildman–Crippen LogP) is 3.97. The third-order valence-corrected chi connectivity index (χ3v) is 7.36. The molecule has 0 saturated carbocycles. The number of barbiturate groups is 1. The van der Waals surface area contributed by atoms with Crippen molar-refractivity contribution in [1.29, 1.82) is 0 Å². The lowest BCUT2D eigenvalue weighted by Gasteiger charge is -2.38. The van der Waals surface area contributed by atoms with Gasteiger partial charge in [0.05, 0.1) is 17.6 Å². The summed E-state index contributed by atoms with van der Waals surface area (Å²) in [5, 5.41) is 4.47. The molecular formula is C28H27N5O4. The maximum atomic E-state index is 12.7. The number of carbonyl (C=O) groups excluding carboxylic acids is 3. The molecule has 3 aromatic rings. The van der Waals surface area contributed by atoms with Crippen molar-refractivity contribution in [2.45, 2.75) is 38.1 Å². The lowest BCUT2D eigenvalue weighted by atomic mass is 9.92. The predicted molar refractivity (Wildman–Crippen MR) is 138 cm³/mol. The van der Waals surface area contributed by atoms with Gasteiger partial charge < -0.3 is 14.5 Å². The highest BCUT2D eigenvalue weighted by Crippen LogP contribution is 2.42. The number of amides is 4. The number of rotatable bonds is 4. The molecule has 0 aliphatic carbocycles. The molecule has 2 fully saturated rings. The first-order valence-electron chi connectivity index (χ1n) is 12.5. The Bertz CT molecular complexity index is 1370. The number of anilines is 3. The fourth-order valence-corrected chi connectivity index (χ4v) is 5.57. The van der Waals surface area contributed by atoms with Gasteiger partial charge in [-0.1, -0.05) is 29.8 Å². The first-order valence-corrected chi connectivity index (χ1v) is 12.5. The van der Waals surface area contributed by atoms with Gasteiger partial charge in [0, 0.05) is 24.8 Å². The molecule has 188 valence electrons. The number of nitrogens with one attached hydrogen (secondary N) is 2. The number of hydrogen-bond acceptors (Lipinski definition) is 7. The van der Waals surface area contributed by atoms with Gasteiger partial charge in [-0.25, -0.2) is 9.78 Å². The monoisotopic (exact) mass is 497 g/mol. The summed E-state index contributed by atoms with van der Waals surface area (Å²) in [6.07, 6.45) is 4.60. The minimum absolute atomic E-state index is 0.321. The first-order chi connectivity index (χ1) is 18.0. The van der Waals surface area contributed by atoms with E-state index in [9.17, 15) is 14.4 Å². The lowest BCUT2D eigenvalue weighted by molar-refractivity contribution is -0.137. The fourth-order valence-electron chi connectivity index (χ4n) is 5.57. The van der Waals surface area contributed by atoms with Gasteiger partial charge in [0.1, 0.15) is 0 Å². The molecule has 3 aliphatic heterocycles. The van der Waals surface area contributed by atoms with Gasteiger partial charge in [-0.3, -0.25) is 20.2 Å². The van der Waals surface area contributed by atoms with Crippen LogP contribution in [0.2, 0.25) is 0 Å². The van der Waals surface area contributed by atoms with Crippen molar-refractivity contribution in [2.75, 3.05) is 22.9 Å². The number of benzene rings is 2. The molecular weight excluding hydrogens is 470 g/mol. The van der Waals surface area contributed by atoms with E-state index >= 15 is 0 Å². The molecule has 0 unspecified atom stereocenters. The van der Waals surface area contributed by atoms with E-state index in [0.717, 1.165) is 36.5 Å². The Morgan fingerprint density at radius 3 is 2.38 bits per heavy atom. The summed E-state index contributed by atoms with van der Waals surface area (Å²) in [6, 6.07) is 17.3. The molecule has 9 nitrogen and oxygen atoms in total. The number of aryl methyl sites for hydroxylation is 2. The smallest absolute Gasteiger partial charge is 0.328 e. The van der Waals surface area contributed by atoms with Gasteiger partial charge in [0.15, 0.2) is 11.3 Å². The van der Waals surface area contributed by atoms with E-state index in [1.165, 1.54) is 11.1 Å². The van der Waals surface area contributed by atoms with E-state index in [1.807, 2.05) is 12.1 Å². The SMILES string of the molecule is Cc1ccc(N2CCCc3cccc(Oc4ccc(N5CCCC56C(=O)NC(=O)NC6=O)cn4)c32)cc1. The minimum atomic E-state index is -1.45. The second-order valence-corrected chi connectivity index (χ2v) is 9.66. The third-order valence-electron chi connectivity index (χ3n) is 7.36. The van der Waals surface area contributed by atoms with E-state index in [4.69, 9.17) is 4.74 Å². The number of ether oxygens (including phenoxy) is 1. The van der Waals surface area contributed by atoms with E-state index < -0.39 is 23.4 Å². The van der Waals surface area contributed by atoms with Crippen LogP contribution in [0.5, 0.6) is 11.6 Å². The van der Waals surface area contributed by atoms with Crippen molar-refractivity contribution in [1.82, 2.24) is 15.6 Å². The number of nitrogens with zero attached hydrogens (tertiary/aromatic N) is 3. The Hall–Kier alpha value is -4.40. The topological polar surface area (TPSA) is 104 Å². The summed E-state index contributed by atoms with van der Waals surface area (Å²) in [7, 11) is 0. The average Bonchev–Trinajstić information content (AvgIpc) is 3.35. The first kappa shape index (κ1) is 23.0. The van der Waals surface area contributed by atoms with Gasteiger partial charge >= 0.3 is 6.03 Å². The Morgan fingerprint density at radius 2 is 1.65 bits per heavy atom. The Morgan fingerprint density at radius 1 is 0.892 bits per heavy atom. The number of carbonyl (C=O) groups is 3. The van der Waals surface area contributed by atoms with Crippen molar-refractivity contribution in [3.63, 3.8) is 0 Å². The Kier molecular flexibility index (Phi) is 5.55. The standard InChI is InChI=1S/C28H27N5O4/c1-18-8-10-20(11-9-18)32-15-3-6-19-5-2-7-22(24(19)32)37-23-13-12-21(17-29-23)33-16-4-14-28(33)25(34)30-27(36)31-26(28)35/h2,5,7-13,17H,3-4,6,14-16H2,1H3,(H2,30,31,34,35,36). The molecule has 1 aromatic heterocycles. The number of urea groups is 1. The molecule has 6 rings (SSSR count). The van der Waals surface area contributed by atoms with Gasteiger partial charge in [-0.05, 0) is 62.4 Å². The molecule has 3 aliphatic rings. The highest BCUT2D eigenvalue weighted by molar-refractivity contribution is 6.24. The van der Waals surface area contributed by atoms with Gasteiger partial charge in [0.25, 0.3) is 11.8 Å². The maximum absolute atomic E-state index is 12.7. The summed E-state index contributed by atoms with van der Waals surface area (Å²) in [4.78, 5) is 45.6. The molecule has 1 spiro atoms. The lowest BCUT2D eigenvalue weighted by Crippen LogP contribution is -2.71. The van der Waals surface area contributed by atoms with Crippen LogP contribution >= 0.6 is 0 Å². The zero-order valence-electron chi connectivity index (χ0n) is 20.5. The second-order valence-electron chi connectivity index (χ2n) is 9.66. The van der Waals surface area contributed by atoms with Crippen LogP contribution in [0.4, 0.5) is 21.9 Å². The summed E-state index contributed by atoms with van der Waals surface area (Å²) in [5.41, 5.74) is 3.76. The minimum Gasteiger partial charge on any atom is -0.437 e. The number of imide groups is 2. The fraction of sp³-hybridized carbons (Fsp3) is 0.286. The van der Waals surface area contributed by atoms with Crippen molar-refractivity contribution >= 4 is 34.9 Å². The second kappa shape index (κ2) is 8.92. The molecule has 0 atom stereocenters. The normalized spacial score (nSPS) is 18.5. The van der Waals surface area contributed by atoms with Crippen LogP contribution in [-0.2, 0) is 16.0 Å². The maximum Gasteiger partial charge on any atom is 0.328 e. The Labute approximate surface area is 214 Å². The third kappa shape index (κ3) is 3.87. The summed E-state index contributed by atoms with van der Waals surface area (Å²) in [5.74, 6) is -0.0786. The number of para-hydroxylation sites is 1. The van der Waals surface area contributed by atoms with Crippen molar-refractivity contribution < 1.29 is 19.1 Å². The Balaban J connectivity index is 1.28. The van der Waals surface area contributed by atoms with Crippen LogP contribution in [0, 0.1) is 6.92 Å². The number of hydrogen-bond donors (Lipinski definition) is 2. The van der Waals surface area contributed by atoms with E-state index in [1.54, 1.807) is 23.2 Å². The number of pyridine rings is 1. The molecule has 2 aromatic carbocycles. The van der Waals surface area contributed by atoms with E-state index in [2.05, 4.69) is 57.8 Å². The molecule has 2 N–H and O–H groups in total. The number of aromatic nitrogens is 1. The molecule has 4 amide bonds. The van der Waals surface area contributed by atoms with Gasteiger partial charge in [-0.15, -0.1) is 0 Å². The molecule has 0 bridgehead atoms. The van der Waals surface area contributed by atoms with Crippen LogP contribution in [-0.4, -0.2) is 41.5 Å². The molecule has 37 heavy (non-hydrogen) atoms. The summed E-state index contributed by atoms with van der Waals surface area (Å²) in [6.45, 7) is 3.47. The van der Waals surface area contributed by atoms with E-state index in [-0.39, 0.29) is 0 Å². The van der Waals surface area contributed by atoms with Crippen LogP contribution < -0.4 is 25.2 Å². The van der Waals surface area contributed by atoms with Crippen molar-refractivity contribution in [3.05, 3.63) is 71.9 Å². The average molecular weight is 498 g/mol. The molecule has 9 heteroatoms. The van der Waals surface area contributed by atoms with Crippen molar-refractivity contribution in [2.24, 2.45) is 0 Å². The van der Waals surface area contributed by atoms with Crippen LogP contribution in [0.15, 0.2) is 60.8 Å². The van der Waals surface area contributed by atoms with Crippen molar-refractivity contribution in [3.8, 4) is 11.6 Å². The number of fused-ring (bicyclic) bond motifs is 1. The van der Waals surface area contributed by atoms with Crippen LogP contribution in [0.1, 0.15) is 30.4 Å². The highest BCUT2D eigenvalue weighted by Gasteiger charge is 2.57. The molecule has 2 saturated heterocycles. The zero-order valence-corrected chi connectivity index (χ0v) is 20.5. The highest BCUT2D eigenvalue weighted by atomic mass is 16.5. The van der Waals surface area contributed by atoms with Gasteiger partial charge in [-0.2, -0.15) is 0 Å². The van der Waals surface area contributed by atoms with Gasteiger partial charge in [0.2, 0.25) is 5.88 Å². The van der Waals surface area contributed by atoms with E-state index in [0.29, 0.717) is 31.0 Å². The zero-order chi connectivity index (χ0) is 25.6. The quantitative estimate of drug-likeness (QED) is 0.526. The molecule has 0 radical (unpaired) electrons. The molecule has 4 heterocycles. The van der Waals surface area contributed by atoms with Crippen LogP contribution in [0.25, 0.3) is 0 Å². The summed E-state index contributed by atoms with van der Waals surface area (Å²) >= 11 is 0. The van der Waals surface area contributed by atoms with Crippen LogP contribution in [0.3, 0.4) is 0 Å².